The van der Waals surface area contributed by atoms with E-state index in [2.05, 4.69) is 34.9 Å². The van der Waals surface area contributed by atoms with E-state index < -0.39 is 0 Å². The van der Waals surface area contributed by atoms with E-state index in [0.29, 0.717) is 5.54 Å². The maximum Gasteiger partial charge on any atom is 0.0426 e. The number of hydrogen-bond acceptors (Lipinski definition) is 2. The summed E-state index contributed by atoms with van der Waals surface area (Å²) in [4.78, 5) is 5.31. The molecular weight excluding hydrogens is 292 g/mol. The Morgan fingerprint density at radius 2 is 1.77 bits per heavy atom. The fourth-order valence-corrected chi connectivity index (χ4v) is 4.70. The Kier molecular flexibility index (Phi) is 5.30. The summed E-state index contributed by atoms with van der Waals surface area (Å²) >= 11 is 6.14. The molecule has 2 nitrogen and oxygen atoms in total. The largest absolute Gasteiger partial charge is 0.369 e. The lowest BCUT2D eigenvalue weighted by Crippen LogP contribution is -2.57. The van der Waals surface area contributed by atoms with Gasteiger partial charge < -0.3 is 4.90 Å². The normalized spacial score (nSPS) is 22.7. The highest BCUT2D eigenvalue weighted by Gasteiger charge is 2.38. The van der Waals surface area contributed by atoms with Crippen LogP contribution in [-0.2, 0) is 0 Å². The van der Waals surface area contributed by atoms with Gasteiger partial charge in [0.1, 0.15) is 0 Å². The third-order valence-corrected chi connectivity index (χ3v) is 5.86. The first-order chi connectivity index (χ1) is 10.7. The topological polar surface area (TPSA) is 6.48 Å². The van der Waals surface area contributed by atoms with Crippen molar-refractivity contribution in [2.24, 2.45) is 0 Å². The van der Waals surface area contributed by atoms with Crippen LogP contribution in [0.5, 0.6) is 0 Å². The minimum absolute atomic E-state index is 0.507. The van der Waals surface area contributed by atoms with E-state index in [1.807, 2.05) is 6.07 Å². The second-order valence-electron chi connectivity index (χ2n) is 6.99. The van der Waals surface area contributed by atoms with Gasteiger partial charge in [-0.25, -0.2) is 0 Å². The molecule has 1 saturated carbocycles. The fraction of sp³-hybridized carbons (Fsp3) is 0.684. The SMILES string of the molecule is CCCC1(N2CCN(c3cccc(Cl)c3)CC2)CCCCC1. The summed E-state index contributed by atoms with van der Waals surface area (Å²) in [5.74, 6) is 0. The highest BCUT2D eigenvalue weighted by molar-refractivity contribution is 6.30. The molecule has 0 radical (unpaired) electrons. The molecule has 1 saturated heterocycles. The van der Waals surface area contributed by atoms with Crippen LogP contribution < -0.4 is 4.90 Å². The molecule has 2 aliphatic rings. The van der Waals surface area contributed by atoms with Gasteiger partial charge in [-0.05, 0) is 37.5 Å². The van der Waals surface area contributed by atoms with Crippen LogP contribution in [0.25, 0.3) is 0 Å². The number of piperazine rings is 1. The summed E-state index contributed by atoms with van der Waals surface area (Å²) in [5.41, 5.74) is 1.79. The molecule has 0 N–H and O–H groups in total. The maximum atomic E-state index is 6.14. The van der Waals surface area contributed by atoms with Crippen molar-refractivity contribution >= 4 is 17.3 Å². The Morgan fingerprint density at radius 3 is 2.41 bits per heavy atom. The van der Waals surface area contributed by atoms with Gasteiger partial charge in [-0.3, -0.25) is 4.90 Å². The Bertz CT molecular complexity index is 469. The van der Waals surface area contributed by atoms with Crippen LogP contribution in [0.1, 0.15) is 51.9 Å². The molecule has 122 valence electrons. The Labute approximate surface area is 140 Å². The Morgan fingerprint density at radius 1 is 1.05 bits per heavy atom. The van der Waals surface area contributed by atoms with Crippen LogP contribution in [0, 0.1) is 0 Å². The van der Waals surface area contributed by atoms with E-state index in [4.69, 9.17) is 11.6 Å². The molecule has 0 bridgehead atoms. The van der Waals surface area contributed by atoms with Crippen molar-refractivity contribution in [1.29, 1.82) is 0 Å². The standard InChI is InChI=1S/C19H29ClN2/c1-2-9-19(10-4-3-5-11-19)22-14-12-21(13-15-22)18-8-6-7-17(20)16-18/h6-8,16H,2-5,9-15H2,1H3. The zero-order valence-corrected chi connectivity index (χ0v) is 14.6. The molecule has 2 fully saturated rings. The summed E-state index contributed by atoms with van der Waals surface area (Å²) in [6.07, 6.45) is 9.81. The van der Waals surface area contributed by atoms with Gasteiger partial charge in [-0.15, -0.1) is 0 Å². The number of nitrogens with zero attached hydrogens (tertiary/aromatic N) is 2. The van der Waals surface area contributed by atoms with Crippen molar-refractivity contribution in [2.45, 2.75) is 57.4 Å². The number of halogens is 1. The summed E-state index contributed by atoms with van der Waals surface area (Å²) in [6, 6.07) is 8.30. The van der Waals surface area contributed by atoms with Gasteiger partial charge >= 0.3 is 0 Å². The molecule has 1 aromatic rings. The first-order valence-electron chi connectivity index (χ1n) is 8.99. The predicted octanol–water partition coefficient (Wildman–Crippen LogP) is 4.97. The van der Waals surface area contributed by atoms with Crippen LogP contribution >= 0.6 is 11.6 Å². The zero-order chi connectivity index (χ0) is 15.4. The van der Waals surface area contributed by atoms with E-state index in [9.17, 15) is 0 Å². The second-order valence-corrected chi connectivity index (χ2v) is 7.43. The first-order valence-corrected chi connectivity index (χ1v) is 9.37. The van der Waals surface area contributed by atoms with Crippen LogP contribution in [-0.4, -0.2) is 36.6 Å². The van der Waals surface area contributed by atoms with E-state index >= 15 is 0 Å². The Balaban J connectivity index is 1.65. The van der Waals surface area contributed by atoms with E-state index in [1.54, 1.807) is 0 Å². The minimum atomic E-state index is 0.507. The molecule has 1 aliphatic carbocycles. The van der Waals surface area contributed by atoms with Crippen molar-refractivity contribution in [1.82, 2.24) is 4.90 Å². The lowest BCUT2D eigenvalue weighted by Gasteiger charge is -2.50. The van der Waals surface area contributed by atoms with Crippen LogP contribution in [0.2, 0.25) is 5.02 Å². The van der Waals surface area contributed by atoms with Gasteiger partial charge in [-0.2, -0.15) is 0 Å². The second kappa shape index (κ2) is 7.23. The number of hydrogen-bond donors (Lipinski definition) is 0. The molecule has 22 heavy (non-hydrogen) atoms. The van der Waals surface area contributed by atoms with Crippen LogP contribution in [0.3, 0.4) is 0 Å². The summed E-state index contributed by atoms with van der Waals surface area (Å²) in [5, 5.41) is 0.842. The van der Waals surface area contributed by atoms with Crippen molar-refractivity contribution in [3.63, 3.8) is 0 Å². The fourth-order valence-electron chi connectivity index (χ4n) is 4.51. The smallest absolute Gasteiger partial charge is 0.0426 e. The third-order valence-electron chi connectivity index (χ3n) is 5.62. The predicted molar refractivity (Wildman–Crippen MR) is 96.0 cm³/mol. The number of anilines is 1. The average molecular weight is 321 g/mol. The van der Waals surface area contributed by atoms with Gasteiger partial charge in [-0.1, -0.05) is 50.3 Å². The first kappa shape index (κ1) is 16.1. The van der Waals surface area contributed by atoms with Crippen molar-refractivity contribution in [3.8, 4) is 0 Å². The molecule has 1 aromatic carbocycles. The third kappa shape index (κ3) is 3.44. The number of benzene rings is 1. The Hall–Kier alpha value is -0.730. The van der Waals surface area contributed by atoms with Crippen molar-refractivity contribution in [2.75, 3.05) is 31.1 Å². The average Bonchev–Trinajstić information content (AvgIpc) is 2.56. The van der Waals surface area contributed by atoms with E-state index in [-0.39, 0.29) is 0 Å². The van der Waals surface area contributed by atoms with Crippen LogP contribution in [0.15, 0.2) is 24.3 Å². The molecule has 0 amide bonds. The maximum absolute atomic E-state index is 6.14. The molecule has 3 rings (SSSR count). The van der Waals surface area contributed by atoms with E-state index in [0.717, 1.165) is 18.1 Å². The zero-order valence-electron chi connectivity index (χ0n) is 13.9. The summed E-state index contributed by atoms with van der Waals surface area (Å²) in [7, 11) is 0. The van der Waals surface area contributed by atoms with Gasteiger partial charge in [0.05, 0.1) is 0 Å². The van der Waals surface area contributed by atoms with E-state index in [1.165, 1.54) is 63.7 Å². The van der Waals surface area contributed by atoms with Gasteiger partial charge in [0.25, 0.3) is 0 Å². The quantitative estimate of drug-likeness (QED) is 0.773. The highest BCUT2D eigenvalue weighted by atomic mass is 35.5. The molecule has 0 atom stereocenters. The molecule has 1 heterocycles. The molecule has 0 aromatic heterocycles. The monoisotopic (exact) mass is 320 g/mol. The van der Waals surface area contributed by atoms with Crippen LogP contribution in [0.4, 0.5) is 5.69 Å². The molecule has 0 unspecified atom stereocenters. The highest BCUT2D eigenvalue weighted by Crippen LogP contribution is 2.38. The summed E-state index contributed by atoms with van der Waals surface area (Å²) in [6.45, 7) is 7.01. The molecular formula is C19H29ClN2. The van der Waals surface area contributed by atoms with Gasteiger partial charge in [0.2, 0.25) is 0 Å². The van der Waals surface area contributed by atoms with Gasteiger partial charge in [0.15, 0.2) is 0 Å². The summed E-state index contributed by atoms with van der Waals surface area (Å²) < 4.78 is 0. The van der Waals surface area contributed by atoms with Gasteiger partial charge in [0, 0.05) is 42.4 Å². The van der Waals surface area contributed by atoms with Crippen molar-refractivity contribution < 1.29 is 0 Å². The molecule has 0 spiro atoms. The number of rotatable bonds is 4. The lowest BCUT2D eigenvalue weighted by molar-refractivity contribution is 0.0365. The minimum Gasteiger partial charge on any atom is -0.369 e. The molecule has 1 aliphatic heterocycles. The lowest BCUT2D eigenvalue weighted by atomic mass is 9.77. The molecule has 3 heteroatoms. The van der Waals surface area contributed by atoms with Crippen molar-refractivity contribution in [3.05, 3.63) is 29.3 Å².